The van der Waals surface area contributed by atoms with E-state index in [0.717, 1.165) is 45.1 Å². The van der Waals surface area contributed by atoms with Crippen LogP contribution in [0.2, 0.25) is 0 Å². The average molecular weight is 535 g/mol. The summed E-state index contributed by atoms with van der Waals surface area (Å²) >= 11 is 0. The summed E-state index contributed by atoms with van der Waals surface area (Å²) in [5.41, 5.74) is 0. The van der Waals surface area contributed by atoms with Crippen LogP contribution in [0, 0.1) is 11.7 Å². The summed E-state index contributed by atoms with van der Waals surface area (Å²) in [5, 5.41) is 6.74. The molecule has 1 aliphatic heterocycles. The maximum Gasteiger partial charge on any atom is 0.191 e. The highest BCUT2D eigenvalue weighted by atomic mass is 127. The molecule has 6 nitrogen and oxygen atoms in total. The van der Waals surface area contributed by atoms with Crippen molar-refractivity contribution < 1.29 is 9.13 Å². The Labute approximate surface area is 198 Å². The predicted octanol–water partition coefficient (Wildman–Crippen LogP) is 3.04. The first-order chi connectivity index (χ1) is 14.0. The van der Waals surface area contributed by atoms with Crippen LogP contribution in [-0.4, -0.2) is 81.3 Å². The maximum atomic E-state index is 13.3. The zero-order valence-corrected chi connectivity index (χ0v) is 21.2. The van der Waals surface area contributed by atoms with Gasteiger partial charge in [0.1, 0.15) is 17.7 Å². The van der Waals surface area contributed by atoms with Gasteiger partial charge in [-0.1, -0.05) is 26.8 Å². The number of hydrogen-bond acceptors (Lipinski definition) is 4. The van der Waals surface area contributed by atoms with E-state index in [4.69, 9.17) is 4.74 Å². The Kier molecular flexibility index (Phi) is 13.3. The molecular weight excluding hydrogens is 496 g/mol. The van der Waals surface area contributed by atoms with Crippen LogP contribution in [0.25, 0.3) is 0 Å². The summed E-state index contributed by atoms with van der Waals surface area (Å²) in [6, 6.07) is 6.27. The van der Waals surface area contributed by atoms with Gasteiger partial charge in [-0.15, -0.1) is 24.0 Å². The Morgan fingerprint density at radius 1 is 1.13 bits per heavy atom. The first-order valence-electron chi connectivity index (χ1n) is 10.9. The van der Waals surface area contributed by atoms with Gasteiger partial charge in [-0.05, 0) is 31.0 Å². The van der Waals surface area contributed by atoms with E-state index < -0.39 is 0 Å². The van der Waals surface area contributed by atoms with E-state index in [1.54, 1.807) is 19.2 Å². The van der Waals surface area contributed by atoms with E-state index in [9.17, 15) is 4.39 Å². The molecule has 8 heteroatoms. The summed E-state index contributed by atoms with van der Waals surface area (Å²) in [6.07, 6.45) is 0.767. The molecule has 30 heavy (non-hydrogen) atoms. The van der Waals surface area contributed by atoms with E-state index in [-0.39, 0.29) is 35.9 Å². The van der Waals surface area contributed by atoms with Crippen molar-refractivity contribution in [2.45, 2.75) is 33.3 Å². The molecule has 0 aromatic heterocycles. The van der Waals surface area contributed by atoms with Crippen LogP contribution in [-0.2, 0) is 0 Å². The average Bonchev–Trinajstić information content (AvgIpc) is 2.73. The molecule has 2 N–H and O–H groups in total. The molecule has 0 bridgehead atoms. The normalized spacial score (nSPS) is 17.7. The Morgan fingerprint density at radius 3 is 2.40 bits per heavy atom. The number of likely N-dealkylation sites (N-methyl/N-ethyl adjacent to an activating group) is 1. The van der Waals surface area contributed by atoms with Gasteiger partial charge in [-0.2, -0.15) is 0 Å². The molecule has 1 aromatic carbocycles. The van der Waals surface area contributed by atoms with Crippen molar-refractivity contribution >= 4 is 29.9 Å². The number of benzene rings is 1. The minimum Gasteiger partial charge on any atom is -0.489 e. The molecule has 172 valence electrons. The van der Waals surface area contributed by atoms with Gasteiger partial charge in [-0.25, -0.2) is 4.39 Å². The molecule has 0 spiro atoms. The molecule has 2 unspecified atom stereocenters. The first kappa shape index (κ1) is 26.9. The van der Waals surface area contributed by atoms with E-state index in [1.807, 2.05) is 0 Å². The van der Waals surface area contributed by atoms with Gasteiger partial charge in [0.2, 0.25) is 0 Å². The summed E-state index contributed by atoms with van der Waals surface area (Å²) in [6.45, 7) is 14.9. The Morgan fingerprint density at radius 2 is 1.80 bits per heavy atom. The minimum absolute atomic E-state index is 0. The summed E-state index contributed by atoms with van der Waals surface area (Å²) in [7, 11) is 1.78. The number of halogens is 2. The summed E-state index contributed by atoms with van der Waals surface area (Å²) in [5.74, 6) is 1.58. The van der Waals surface area contributed by atoms with Crippen LogP contribution in [0.15, 0.2) is 29.3 Å². The van der Waals surface area contributed by atoms with Gasteiger partial charge in [0.25, 0.3) is 0 Å². The van der Waals surface area contributed by atoms with Crippen LogP contribution >= 0.6 is 24.0 Å². The monoisotopic (exact) mass is 535 g/mol. The molecule has 0 radical (unpaired) electrons. The van der Waals surface area contributed by atoms with Crippen molar-refractivity contribution in [2.75, 3.05) is 59.4 Å². The van der Waals surface area contributed by atoms with Crippen LogP contribution < -0.4 is 15.4 Å². The van der Waals surface area contributed by atoms with Crippen molar-refractivity contribution in [3.63, 3.8) is 0 Å². The fourth-order valence-corrected chi connectivity index (χ4v) is 3.50. The predicted molar refractivity (Wildman–Crippen MR) is 134 cm³/mol. The van der Waals surface area contributed by atoms with E-state index >= 15 is 0 Å². The Hall–Kier alpha value is -1.13. The molecule has 0 saturated carbocycles. The number of rotatable bonds is 10. The number of piperazine rings is 1. The van der Waals surface area contributed by atoms with Crippen LogP contribution in [0.4, 0.5) is 4.39 Å². The number of aliphatic imine (C=N–C) groups is 1. The van der Waals surface area contributed by atoms with Gasteiger partial charge < -0.3 is 25.2 Å². The topological polar surface area (TPSA) is 52.1 Å². The van der Waals surface area contributed by atoms with Crippen molar-refractivity contribution in [1.29, 1.82) is 0 Å². The third kappa shape index (κ3) is 9.78. The fraction of sp³-hybridized carbons (Fsp3) is 0.682. The molecule has 1 aromatic rings. The fourth-order valence-electron chi connectivity index (χ4n) is 3.50. The highest BCUT2D eigenvalue weighted by molar-refractivity contribution is 14.0. The second-order valence-electron chi connectivity index (χ2n) is 7.78. The number of hydrogen-bond donors (Lipinski definition) is 2. The molecule has 1 aliphatic rings. The van der Waals surface area contributed by atoms with Gasteiger partial charge in [-0.3, -0.25) is 4.99 Å². The second-order valence-corrected chi connectivity index (χ2v) is 7.78. The van der Waals surface area contributed by atoms with Gasteiger partial charge in [0.15, 0.2) is 5.96 Å². The number of ether oxygens (including phenoxy) is 1. The standard InChI is InChI=1S/C22H38FN5O.HI/c1-5-20(29-21-9-7-8-19(23)14-21)16-26-22(24-4)25-15-18(3)17-28-12-10-27(6-2)11-13-28;/h7-9,14,18,20H,5-6,10-13,15-17H2,1-4H3,(H2,24,25,26);1H. The first-order valence-corrected chi connectivity index (χ1v) is 10.9. The quantitative estimate of drug-likeness (QED) is 0.274. The van der Waals surface area contributed by atoms with Crippen LogP contribution in [0.5, 0.6) is 5.75 Å². The lowest BCUT2D eigenvalue weighted by atomic mass is 10.1. The Balaban J connectivity index is 0.00000450. The zero-order valence-electron chi connectivity index (χ0n) is 18.9. The highest BCUT2D eigenvalue weighted by Crippen LogP contribution is 2.14. The summed E-state index contributed by atoms with van der Waals surface area (Å²) < 4.78 is 19.2. The van der Waals surface area contributed by atoms with Crippen molar-refractivity contribution in [3.8, 4) is 5.75 Å². The highest BCUT2D eigenvalue weighted by Gasteiger charge is 2.17. The summed E-state index contributed by atoms with van der Waals surface area (Å²) in [4.78, 5) is 9.37. The lowest BCUT2D eigenvalue weighted by Crippen LogP contribution is -2.49. The smallest absolute Gasteiger partial charge is 0.191 e. The number of nitrogens with zero attached hydrogens (tertiary/aromatic N) is 3. The maximum absolute atomic E-state index is 13.3. The molecular formula is C22H39FIN5O. The molecule has 2 rings (SSSR count). The molecule has 1 heterocycles. The lowest BCUT2D eigenvalue weighted by molar-refractivity contribution is 0.124. The SMILES string of the molecule is CCC(CNC(=NC)NCC(C)CN1CCN(CC)CC1)Oc1cccc(F)c1.I. The van der Waals surface area contributed by atoms with E-state index in [2.05, 4.69) is 46.2 Å². The van der Waals surface area contributed by atoms with Crippen LogP contribution in [0.3, 0.4) is 0 Å². The number of guanidine groups is 1. The van der Waals surface area contributed by atoms with Crippen molar-refractivity contribution in [2.24, 2.45) is 10.9 Å². The van der Waals surface area contributed by atoms with Gasteiger partial charge in [0.05, 0.1) is 6.54 Å². The van der Waals surface area contributed by atoms with Crippen molar-refractivity contribution in [3.05, 3.63) is 30.1 Å². The van der Waals surface area contributed by atoms with Gasteiger partial charge >= 0.3 is 0 Å². The third-order valence-electron chi connectivity index (χ3n) is 5.37. The van der Waals surface area contributed by atoms with Crippen molar-refractivity contribution in [1.82, 2.24) is 20.4 Å². The second kappa shape index (κ2) is 14.8. The molecule has 1 saturated heterocycles. The molecule has 0 amide bonds. The Bertz CT molecular complexity index is 625. The molecule has 1 fully saturated rings. The zero-order chi connectivity index (χ0) is 21.1. The van der Waals surface area contributed by atoms with Gasteiger partial charge in [0, 0.05) is 52.4 Å². The van der Waals surface area contributed by atoms with E-state index in [0.29, 0.717) is 18.2 Å². The minimum atomic E-state index is -0.284. The third-order valence-corrected chi connectivity index (χ3v) is 5.37. The molecule has 2 atom stereocenters. The van der Waals surface area contributed by atoms with Crippen LogP contribution in [0.1, 0.15) is 27.2 Å². The van der Waals surface area contributed by atoms with E-state index in [1.165, 1.54) is 25.2 Å². The largest absolute Gasteiger partial charge is 0.489 e. The lowest BCUT2D eigenvalue weighted by Gasteiger charge is -2.35. The number of nitrogens with one attached hydrogen (secondary N) is 2. The molecule has 0 aliphatic carbocycles.